The van der Waals surface area contributed by atoms with Crippen LogP contribution < -0.4 is 15.8 Å². The minimum Gasteiger partial charge on any atom is -0.484 e. The molecule has 0 radical (unpaired) electrons. The number of amides is 1. The molecule has 0 saturated carbocycles. The molecule has 1 aromatic carbocycles. The highest BCUT2D eigenvalue weighted by atomic mass is 35.5. The first kappa shape index (κ1) is 19.7. The predicted molar refractivity (Wildman–Crippen MR) is 89.2 cm³/mol. The third-order valence-electron chi connectivity index (χ3n) is 3.74. The van der Waals surface area contributed by atoms with Gasteiger partial charge in [-0.3, -0.25) is 4.79 Å². The van der Waals surface area contributed by atoms with Crippen molar-refractivity contribution in [3.63, 3.8) is 0 Å². The van der Waals surface area contributed by atoms with Crippen LogP contribution in [0.15, 0.2) is 18.2 Å². The van der Waals surface area contributed by atoms with Gasteiger partial charge in [-0.2, -0.15) is 0 Å². The van der Waals surface area contributed by atoms with E-state index in [9.17, 15) is 4.79 Å². The number of ether oxygens (including phenoxy) is 1. The zero-order chi connectivity index (χ0) is 15.2. The lowest BCUT2D eigenvalue weighted by atomic mass is 9.94. The Morgan fingerprint density at radius 3 is 2.43 bits per heavy atom. The highest BCUT2D eigenvalue weighted by Crippen LogP contribution is 2.18. The second-order valence-corrected chi connectivity index (χ2v) is 5.40. The number of nitrogens with two attached hydrogens (primary N) is 1. The molecule has 4 nitrogen and oxygen atoms in total. The van der Waals surface area contributed by atoms with Gasteiger partial charge in [0.05, 0.1) is 0 Å². The van der Waals surface area contributed by atoms with Crippen LogP contribution in [0.2, 0.25) is 0 Å². The van der Waals surface area contributed by atoms with Crippen LogP contribution in [0.1, 0.15) is 37.8 Å². The molecule has 0 spiro atoms. The predicted octanol–water partition coefficient (Wildman–Crippen LogP) is 2.74. The van der Waals surface area contributed by atoms with E-state index >= 15 is 0 Å². The molecule has 1 aromatic rings. The standard InChI is InChI=1S/C16H26N2O2.ClH/c1-5-16(17,6-2)11-18-15(19)10-20-14-8-7-12(3)9-13(14)4;/h7-9H,5-6,10-11,17H2,1-4H3,(H,18,19);1H. The summed E-state index contributed by atoms with van der Waals surface area (Å²) >= 11 is 0. The molecule has 0 atom stereocenters. The number of hydrogen-bond donors (Lipinski definition) is 2. The lowest BCUT2D eigenvalue weighted by Crippen LogP contribution is -2.50. The molecular formula is C16H27ClN2O2. The maximum Gasteiger partial charge on any atom is 0.258 e. The van der Waals surface area contributed by atoms with E-state index in [0.717, 1.165) is 24.2 Å². The first-order valence-electron chi connectivity index (χ1n) is 7.16. The summed E-state index contributed by atoms with van der Waals surface area (Å²) < 4.78 is 5.53. The van der Waals surface area contributed by atoms with Crippen LogP contribution in [0, 0.1) is 13.8 Å². The number of nitrogens with one attached hydrogen (secondary N) is 1. The number of benzene rings is 1. The molecule has 0 fully saturated rings. The van der Waals surface area contributed by atoms with Crippen molar-refractivity contribution in [1.82, 2.24) is 5.32 Å². The van der Waals surface area contributed by atoms with Gasteiger partial charge in [0.15, 0.2) is 6.61 Å². The minimum atomic E-state index is -0.324. The van der Waals surface area contributed by atoms with Crippen molar-refractivity contribution in [3.05, 3.63) is 29.3 Å². The SMILES string of the molecule is CCC(N)(CC)CNC(=O)COc1ccc(C)cc1C.Cl. The van der Waals surface area contributed by atoms with Gasteiger partial charge in [-0.25, -0.2) is 0 Å². The van der Waals surface area contributed by atoms with E-state index in [2.05, 4.69) is 5.32 Å². The van der Waals surface area contributed by atoms with Crippen LogP contribution in [0.5, 0.6) is 5.75 Å². The Bertz CT molecular complexity index is 460. The first-order valence-corrected chi connectivity index (χ1v) is 7.16. The van der Waals surface area contributed by atoms with Crippen molar-refractivity contribution in [1.29, 1.82) is 0 Å². The Labute approximate surface area is 133 Å². The lowest BCUT2D eigenvalue weighted by Gasteiger charge is -2.26. The number of rotatable bonds is 7. The van der Waals surface area contributed by atoms with Crippen LogP contribution in [0.4, 0.5) is 0 Å². The van der Waals surface area contributed by atoms with E-state index in [-0.39, 0.29) is 30.5 Å². The molecule has 0 aliphatic rings. The van der Waals surface area contributed by atoms with E-state index in [0.29, 0.717) is 6.54 Å². The minimum absolute atomic E-state index is 0. The number of halogens is 1. The number of hydrogen-bond acceptors (Lipinski definition) is 3. The molecule has 0 saturated heterocycles. The van der Waals surface area contributed by atoms with E-state index in [1.54, 1.807) is 0 Å². The third-order valence-corrected chi connectivity index (χ3v) is 3.74. The summed E-state index contributed by atoms with van der Waals surface area (Å²) in [6.07, 6.45) is 1.67. The van der Waals surface area contributed by atoms with Gasteiger partial charge in [-0.05, 0) is 38.3 Å². The monoisotopic (exact) mass is 314 g/mol. The Hall–Kier alpha value is -1.26. The average molecular weight is 315 g/mol. The van der Waals surface area contributed by atoms with Crippen molar-refractivity contribution in [2.24, 2.45) is 5.73 Å². The summed E-state index contributed by atoms with van der Waals surface area (Å²) in [5.74, 6) is 0.609. The Morgan fingerprint density at radius 1 is 1.29 bits per heavy atom. The molecule has 0 unspecified atom stereocenters. The second kappa shape index (κ2) is 8.90. The summed E-state index contributed by atoms with van der Waals surface area (Å²) in [5, 5.41) is 2.84. The maximum atomic E-state index is 11.8. The van der Waals surface area contributed by atoms with Gasteiger partial charge in [0.1, 0.15) is 5.75 Å². The molecule has 1 amide bonds. The molecule has 120 valence electrons. The van der Waals surface area contributed by atoms with Crippen LogP contribution in [0.25, 0.3) is 0 Å². The van der Waals surface area contributed by atoms with Crippen LogP contribution in [-0.2, 0) is 4.79 Å². The number of carbonyl (C=O) groups excluding carboxylic acids is 1. The summed E-state index contributed by atoms with van der Waals surface area (Å²) in [4.78, 5) is 11.8. The molecule has 1 rings (SSSR count). The normalized spacial score (nSPS) is 10.7. The van der Waals surface area contributed by atoms with Gasteiger partial charge < -0.3 is 15.8 Å². The average Bonchev–Trinajstić information content (AvgIpc) is 2.44. The largest absolute Gasteiger partial charge is 0.484 e. The topological polar surface area (TPSA) is 64.3 Å². The van der Waals surface area contributed by atoms with E-state index in [4.69, 9.17) is 10.5 Å². The van der Waals surface area contributed by atoms with Crippen LogP contribution in [-0.4, -0.2) is 24.6 Å². The van der Waals surface area contributed by atoms with E-state index in [1.807, 2.05) is 45.9 Å². The maximum absolute atomic E-state index is 11.8. The van der Waals surface area contributed by atoms with E-state index < -0.39 is 0 Å². The van der Waals surface area contributed by atoms with Gasteiger partial charge in [0.25, 0.3) is 5.91 Å². The highest BCUT2D eigenvalue weighted by Gasteiger charge is 2.20. The molecule has 0 aromatic heterocycles. The molecule has 3 N–H and O–H groups in total. The lowest BCUT2D eigenvalue weighted by molar-refractivity contribution is -0.123. The van der Waals surface area contributed by atoms with E-state index in [1.165, 1.54) is 5.56 Å². The molecule has 0 heterocycles. The Kier molecular flexibility index (Phi) is 8.37. The quantitative estimate of drug-likeness (QED) is 0.813. The van der Waals surface area contributed by atoms with Gasteiger partial charge in [0.2, 0.25) is 0 Å². The van der Waals surface area contributed by atoms with Crippen molar-refractivity contribution < 1.29 is 9.53 Å². The summed E-state index contributed by atoms with van der Waals surface area (Å²) in [5.41, 5.74) is 8.03. The zero-order valence-electron chi connectivity index (χ0n) is 13.4. The highest BCUT2D eigenvalue weighted by molar-refractivity contribution is 5.85. The molecule has 21 heavy (non-hydrogen) atoms. The Balaban J connectivity index is 0.00000400. The fourth-order valence-corrected chi connectivity index (χ4v) is 1.93. The number of aryl methyl sites for hydroxylation is 2. The summed E-state index contributed by atoms with van der Waals surface area (Å²) in [6, 6.07) is 5.90. The van der Waals surface area contributed by atoms with Crippen molar-refractivity contribution >= 4 is 18.3 Å². The first-order chi connectivity index (χ1) is 9.40. The fraction of sp³-hybridized carbons (Fsp3) is 0.562. The molecule has 0 aliphatic carbocycles. The van der Waals surface area contributed by atoms with Gasteiger partial charge in [-0.15, -0.1) is 12.4 Å². The molecule has 0 bridgehead atoms. The second-order valence-electron chi connectivity index (χ2n) is 5.40. The summed E-state index contributed by atoms with van der Waals surface area (Å²) in [6.45, 7) is 8.56. The summed E-state index contributed by atoms with van der Waals surface area (Å²) in [7, 11) is 0. The van der Waals surface area contributed by atoms with Gasteiger partial charge >= 0.3 is 0 Å². The van der Waals surface area contributed by atoms with Crippen LogP contribution in [0.3, 0.4) is 0 Å². The number of carbonyl (C=O) groups is 1. The van der Waals surface area contributed by atoms with Crippen LogP contribution >= 0.6 is 12.4 Å². The zero-order valence-corrected chi connectivity index (χ0v) is 14.2. The fourth-order valence-electron chi connectivity index (χ4n) is 1.93. The third kappa shape index (κ3) is 6.36. The molecule has 0 aliphatic heterocycles. The van der Waals surface area contributed by atoms with Gasteiger partial charge in [-0.1, -0.05) is 31.5 Å². The van der Waals surface area contributed by atoms with Crippen molar-refractivity contribution in [2.75, 3.05) is 13.2 Å². The van der Waals surface area contributed by atoms with Crippen molar-refractivity contribution in [2.45, 2.75) is 46.1 Å². The van der Waals surface area contributed by atoms with Gasteiger partial charge in [0, 0.05) is 12.1 Å². The van der Waals surface area contributed by atoms with Crippen molar-refractivity contribution in [3.8, 4) is 5.75 Å². The Morgan fingerprint density at radius 2 is 1.90 bits per heavy atom. The smallest absolute Gasteiger partial charge is 0.258 e. The molecular weight excluding hydrogens is 288 g/mol. The molecule has 5 heteroatoms.